The maximum absolute atomic E-state index is 16.1. The molecule has 0 saturated carbocycles. The van der Waals surface area contributed by atoms with E-state index in [0.29, 0.717) is 25.9 Å². The van der Waals surface area contributed by atoms with Crippen LogP contribution in [0.1, 0.15) is 31.2 Å². The normalized spacial score (nSPS) is 23.9. The Bertz CT molecular complexity index is 1980. The number of carbonyl (C=O) groups excluding carboxylic acids is 1. The maximum atomic E-state index is 16.1. The summed E-state index contributed by atoms with van der Waals surface area (Å²) in [5.41, 5.74) is 6.23. The molecule has 5 heterocycles. The van der Waals surface area contributed by atoms with Crippen LogP contribution in [-0.4, -0.2) is 89.5 Å². The van der Waals surface area contributed by atoms with Crippen LogP contribution < -0.4 is 15.2 Å². The summed E-state index contributed by atoms with van der Waals surface area (Å²) in [6.07, 6.45) is 2.23. The number of amides is 1. The van der Waals surface area contributed by atoms with Gasteiger partial charge >= 0.3 is 6.01 Å². The fourth-order valence-corrected chi connectivity index (χ4v) is 8.45. The first-order valence-electron chi connectivity index (χ1n) is 15.7. The Kier molecular flexibility index (Phi) is 8.39. The number of hydrogen-bond donors (Lipinski definition) is 1. The Balaban J connectivity index is 1.33. The number of thiophene rings is 1. The van der Waals surface area contributed by atoms with E-state index in [9.17, 15) is 18.8 Å². The largest absolute Gasteiger partial charge is 0.471 e. The molecule has 0 aliphatic carbocycles. The molecule has 2 aromatic heterocycles. The van der Waals surface area contributed by atoms with Gasteiger partial charge in [-0.2, -0.15) is 15.2 Å². The fourth-order valence-electron chi connectivity index (χ4n) is 7.50. The molecule has 7 rings (SSSR count). The van der Waals surface area contributed by atoms with Crippen LogP contribution in [0.15, 0.2) is 36.9 Å². The van der Waals surface area contributed by atoms with Gasteiger partial charge in [-0.05, 0) is 49.2 Å². The third-order valence-corrected chi connectivity index (χ3v) is 10.7. The van der Waals surface area contributed by atoms with Gasteiger partial charge in [0.25, 0.3) is 0 Å². The van der Waals surface area contributed by atoms with E-state index in [2.05, 4.69) is 21.4 Å². The predicted octanol–water partition coefficient (Wildman–Crippen LogP) is 5.38. The number of nitrogen functional groups attached to an aromatic ring is 1. The zero-order chi connectivity index (χ0) is 33.7. The molecule has 4 aromatic rings. The molecule has 3 aliphatic heterocycles. The monoisotopic (exact) mass is 678 g/mol. The van der Waals surface area contributed by atoms with Crippen LogP contribution in [0.3, 0.4) is 0 Å². The number of nitrogens with zero attached hydrogens (tertiary/aromatic N) is 5. The number of anilines is 1. The summed E-state index contributed by atoms with van der Waals surface area (Å²) < 4.78 is 63.6. The van der Waals surface area contributed by atoms with Crippen molar-refractivity contribution in [3.63, 3.8) is 0 Å². The predicted molar refractivity (Wildman–Crippen MR) is 175 cm³/mol. The lowest BCUT2D eigenvalue weighted by Crippen LogP contribution is -2.44. The summed E-state index contributed by atoms with van der Waals surface area (Å²) in [6.45, 7) is 5.46. The van der Waals surface area contributed by atoms with Gasteiger partial charge in [0.15, 0.2) is 0 Å². The first-order chi connectivity index (χ1) is 23.2. The van der Waals surface area contributed by atoms with Crippen molar-refractivity contribution in [1.29, 1.82) is 5.26 Å². The number of alkyl halides is 1. The number of nitrogens with two attached hydrogens (primary N) is 1. The number of carbonyl (C=O) groups is 1. The van der Waals surface area contributed by atoms with Crippen molar-refractivity contribution in [2.45, 2.75) is 49.5 Å². The molecule has 250 valence electrons. The lowest BCUT2D eigenvalue weighted by atomic mass is 9.95. The van der Waals surface area contributed by atoms with E-state index in [4.69, 9.17) is 19.9 Å². The van der Waals surface area contributed by atoms with Gasteiger partial charge in [-0.3, -0.25) is 9.69 Å². The minimum absolute atomic E-state index is 0.0387. The summed E-state index contributed by atoms with van der Waals surface area (Å²) in [6, 6.07) is 6.84. The van der Waals surface area contributed by atoms with Gasteiger partial charge in [0.05, 0.1) is 39.4 Å². The number of likely N-dealkylation sites (tertiary alicyclic amines) is 1. The van der Waals surface area contributed by atoms with E-state index in [1.165, 1.54) is 37.5 Å². The highest BCUT2D eigenvalue weighted by Crippen LogP contribution is 2.44. The second-order valence-corrected chi connectivity index (χ2v) is 13.5. The maximum Gasteiger partial charge on any atom is 0.320 e. The summed E-state index contributed by atoms with van der Waals surface area (Å²) in [5.74, 6) is -1.49. The number of halogens is 3. The fraction of sp³-hybridized carbons (Fsp3) is 0.412. The lowest BCUT2D eigenvalue weighted by molar-refractivity contribution is -0.128. The van der Waals surface area contributed by atoms with Gasteiger partial charge in [0.2, 0.25) is 11.8 Å². The second-order valence-electron chi connectivity index (χ2n) is 12.5. The van der Waals surface area contributed by atoms with Crippen LogP contribution in [0, 0.1) is 23.0 Å². The number of methoxy groups -OCH3 is 1. The molecular formula is C34H33F3N6O4S. The molecule has 0 bridgehead atoms. The standard InChI is InChI=1S/C34H33F3N6O4S/c1-3-28(44)43-10-7-27(26(43)16-45-2)47-32-21-11-24(37)20(19-5-6-23(36)30-29(19)22(14-38)31(39)48-30)12-25(21)40-33(41-32)46-17-34-8-4-9-42(34)15-18(35)13-34/h3,5-6,11-12,18,26-27H,1,4,7-10,13,15-17,39H2,2H3. The minimum Gasteiger partial charge on any atom is -0.471 e. The van der Waals surface area contributed by atoms with E-state index in [1.54, 1.807) is 4.90 Å². The molecule has 4 unspecified atom stereocenters. The molecule has 10 nitrogen and oxygen atoms in total. The molecule has 48 heavy (non-hydrogen) atoms. The van der Waals surface area contributed by atoms with Crippen LogP contribution in [0.4, 0.5) is 18.2 Å². The Hall–Kier alpha value is -4.45. The van der Waals surface area contributed by atoms with Crippen LogP contribution in [0.25, 0.3) is 32.1 Å². The van der Waals surface area contributed by atoms with Gasteiger partial charge in [0.1, 0.15) is 41.6 Å². The minimum atomic E-state index is -0.950. The quantitative estimate of drug-likeness (QED) is 0.232. The highest BCUT2D eigenvalue weighted by molar-refractivity contribution is 7.23. The van der Waals surface area contributed by atoms with E-state index >= 15 is 4.39 Å². The average Bonchev–Trinajstić information content (AvgIpc) is 3.81. The van der Waals surface area contributed by atoms with Crippen molar-refractivity contribution in [3.8, 4) is 29.1 Å². The molecule has 14 heteroatoms. The van der Waals surface area contributed by atoms with Crippen LogP contribution in [0.5, 0.6) is 11.9 Å². The SMILES string of the molecule is C=CC(=O)N1CCC(Oc2nc(OCC34CCCN3CC(F)C4)nc3cc(-c4ccc(F)c5sc(N)c(C#N)c45)c(F)cc23)C1COC. The molecular weight excluding hydrogens is 645 g/mol. The first-order valence-corrected chi connectivity index (χ1v) is 16.5. The van der Waals surface area contributed by atoms with Crippen molar-refractivity contribution in [2.24, 2.45) is 0 Å². The van der Waals surface area contributed by atoms with Crippen LogP contribution in [0.2, 0.25) is 0 Å². The summed E-state index contributed by atoms with van der Waals surface area (Å²) in [7, 11) is 1.52. The first kappa shape index (κ1) is 32.1. The average molecular weight is 679 g/mol. The van der Waals surface area contributed by atoms with Gasteiger partial charge in [-0.15, -0.1) is 11.3 Å². The van der Waals surface area contributed by atoms with Crippen molar-refractivity contribution in [3.05, 3.63) is 54.1 Å². The van der Waals surface area contributed by atoms with E-state index < -0.39 is 35.5 Å². The van der Waals surface area contributed by atoms with Crippen LogP contribution in [-0.2, 0) is 9.53 Å². The number of rotatable bonds is 9. The molecule has 3 fully saturated rings. The number of ether oxygens (including phenoxy) is 3. The highest BCUT2D eigenvalue weighted by Gasteiger charge is 2.49. The Morgan fingerprint density at radius 1 is 1.25 bits per heavy atom. The third-order valence-electron chi connectivity index (χ3n) is 9.72. The number of aromatic nitrogens is 2. The van der Waals surface area contributed by atoms with Gasteiger partial charge < -0.3 is 24.8 Å². The Morgan fingerprint density at radius 2 is 2.08 bits per heavy atom. The van der Waals surface area contributed by atoms with E-state index in [0.717, 1.165) is 30.7 Å². The Labute approximate surface area is 278 Å². The van der Waals surface area contributed by atoms with Gasteiger partial charge in [-0.25, -0.2) is 13.2 Å². The zero-order valence-corrected chi connectivity index (χ0v) is 27.0. The molecule has 4 atom stereocenters. The summed E-state index contributed by atoms with van der Waals surface area (Å²) >= 11 is 0.922. The van der Waals surface area contributed by atoms with Crippen molar-refractivity contribution >= 4 is 43.2 Å². The topological polar surface area (TPSA) is 127 Å². The molecule has 3 aliphatic rings. The van der Waals surface area contributed by atoms with E-state index in [1.807, 2.05) is 6.07 Å². The Morgan fingerprint density at radius 3 is 2.85 bits per heavy atom. The summed E-state index contributed by atoms with van der Waals surface area (Å²) in [5, 5.41) is 10.4. The molecule has 2 aromatic carbocycles. The summed E-state index contributed by atoms with van der Waals surface area (Å²) in [4.78, 5) is 25.5. The zero-order valence-electron chi connectivity index (χ0n) is 26.2. The molecule has 1 amide bonds. The number of nitriles is 1. The third kappa shape index (κ3) is 5.39. The van der Waals surface area contributed by atoms with Crippen molar-refractivity contribution in [1.82, 2.24) is 19.8 Å². The lowest BCUT2D eigenvalue weighted by Gasteiger charge is -2.31. The smallest absolute Gasteiger partial charge is 0.320 e. The number of fused-ring (bicyclic) bond motifs is 3. The van der Waals surface area contributed by atoms with Gasteiger partial charge in [0, 0.05) is 44.0 Å². The molecule has 0 spiro atoms. The van der Waals surface area contributed by atoms with Crippen LogP contribution >= 0.6 is 11.3 Å². The number of benzene rings is 2. The highest BCUT2D eigenvalue weighted by atomic mass is 32.1. The van der Waals surface area contributed by atoms with E-state index in [-0.39, 0.29) is 73.7 Å². The molecule has 0 radical (unpaired) electrons. The van der Waals surface area contributed by atoms with Crippen molar-refractivity contribution < 1.29 is 32.2 Å². The van der Waals surface area contributed by atoms with Crippen molar-refractivity contribution in [2.75, 3.05) is 45.7 Å². The molecule has 3 saturated heterocycles. The second kappa shape index (κ2) is 12.5. The molecule has 2 N–H and O–H groups in total. The van der Waals surface area contributed by atoms with Gasteiger partial charge in [-0.1, -0.05) is 12.6 Å². The number of hydrogen-bond acceptors (Lipinski definition) is 10.